The van der Waals surface area contributed by atoms with Gasteiger partial charge in [-0.1, -0.05) is 55.3 Å². The molecule has 1 saturated carbocycles. The molecule has 0 aromatic heterocycles. The zero-order chi connectivity index (χ0) is 15.4. The van der Waals surface area contributed by atoms with Gasteiger partial charge in [0.25, 0.3) is 0 Å². The molecule has 0 radical (unpaired) electrons. The lowest BCUT2D eigenvalue weighted by Crippen LogP contribution is -2.42. The van der Waals surface area contributed by atoms with E-state index >= 15 is 0 Å². The van der Waals surface area contributed by atoms with Crippen molar-refractivity contribution in [3.05, 3.63) is 71.5 Å². The highest BCUT2D eigenvalue weighted by Gasteiger charge is 2.42. The minimum atomic E-state index is -0.573. The molecule has 1 aliphatic carbocycles. The number of carbonyl (C=O) groups excluding carboxylic acids is 1. The van der Waals surface area contributed by atoms with Crippen LogP contribution in [-0.2, 0) is 16.8 Å². The molecule has 0 aliphatic heterocycles. The van der Waals surface area contributed by atoms with E-state index in [2.05, 4.69) is 5.32 Å². The van der Waals surface area contributed by atoms with Crippen molar-refractivity contribution in [2.45, 2.75) is 37.6 Å². The second-order valence-electron chi connectivity index (χ2n) is 5.97. The maximum absolute atomic E-state index is 13.6. The summed E-state index contributed by atoms with van der Waals surface area (Å²) >= 11 is 0. The third-order valence-corrected chi connectivity index (χ3v) is 4.56. The van der Waals surface area contributed by atoms with Gasteiger partial charge in [0.15, 0.2) is 0 Å². The van der Waals surface area contributed by atoms with Gasteiger partial charge in [-0.15, -0.1) is 0 Å². The van der Waals surface area contributed by atoms with E-state index in [9.17, 15) is 9.18 Å². The molecule has 2 nitrogen and oxygen atoms in total. The van der Waals surface area contributed by atoms with Gasteiger partial charge in [0, 0.05) is 6.54 Å². The number of amides is 1. The van der Waals surface area contributed by atoms with Gasteiger partial charge in [0.05, 0.1) is 5.41 Å². The highest BCUT2D eigenvalue weighted by molar-refractivity contribution is 5.88. The molecule has 3 heteroatoms. The van der Waals surface area contributed by atoms with Crippen molar-refractivity contribution in [3.63, 3.8) is 0 Å². The first-order chi connectivity index (χ1) is 10.7. The quantitative estimate of drug-likeness (QED) is 0.909. The monoisotopic (exact) mass is 297 g/mol. The molecule has 2 aromatic rings. The lowest BCUT2D eigenvalue weighted by atomic mass is 9.78. The zero-order valence-electron chi connectivity index (χ0n) is 12.5. The van der Waals surface area contributed by atoms with E-state index in [4.69, 9.17) is 0 Å². The first-order valence-corrected chi connectivity index (χ1v) is 7.79. The number of halogens is 1. The number of hydrogen-bond donors (Lipinski definition) is 1. The molecule has 1 fully saturated rings. The van der Waals surface area contributed by atoms with Crippen molar-refractivity contribution < 1.29 is 9.18 Å². The molecule has 0 heterocycles. The number of hydrogen-bond acceptors (Lipinski definition) is 1. The van der Waals surface area contributed by atoms with Crippen LogP contribution in [0.1, 0.15) is 36.8 Å². The average molecular weight is 297 g/mol. The van der Waals surface area contributed by atoms with Gasteiger partial charge < -0.3 is 5.32 Å². The average Bonchev–Trinajstić information content (AvgIpc) is 3.05. The van der Waals surface area contributed by atoms with Crippen LogP contribution in [0.2, 0.25) is 0 Å². The van der Waals surface area contributed by atoms with Crippen LogP contribution in [0.15, 0.2) is 54.6 Å². The Labute approximate surface area is 130 Å². The van der Waals surface area contributed by atoms with Gasteiger partial charge in [-0.2, -0.15) is 0 Å². The number of rotatable bonds is 4. The Kier molecular flexibility index (Phi) is 4.23. The Balaban J connectivity index is 1.80. The minimum absolute atomic E-state index is 0.0134. The van der Waals surface area contributed by atoms with E-state index in [1.54, 1.807) is 6.07 Å². The van der Waals surface area contributed by atoms with Crippen LogP contribution in [0.3, 0.4) is 0 Å². The van der Waals surface area contributed by atoms with Crippen molar-refractivity contribution in [2.24, 2.45) is 0 Å². The Bertz CT molecular complexity index is 647. The normalized spacial score (nSPS) is 16.4. The summed E-state index contributed by atoms with van der Waals surface area (Å²) in [5.41, 5.74) is 1.30. The standard InChI is InChI=1S/C19H20FNO/c20-17-10-6-9-16(13-17)19(11-4-5-12-19)18(22)21-14-15-7-2-1-3-8-15/h1-3,6-10,13H,4-5,11-12,14H2,(H,21,22). The maximum atomic E-state index is 13.6. The van der Waals surface area contributed by atoms with Crippen molar-refractivity contribution in [1.29, 1.82) is 0 Å². The molecular weight excluding hydrogens is 277 g/mol. The SMILES string of the molecule is O=C(NCc1ccccc1)C1(c2cccc(F)c2)CCCC1. The molecule has 0 atom stereocenters. The van der Waals surface area contributed by atoms with Gasteiger partial charge in [-0.25, -0.2) is 4.39 Å². The van der Waals surface area contributed by atoms with Crippen molar-refractivity contribution >= 4 is 5.91 Å². The molecule has 0 bridgehead atoms. The molecule has 114 valence electrons. The highest BCUT2D eigenvalue weighted by Crippen LogP contribution is 2.41. The predicted octanol–water partition coefficient (Wildman–Crippen LogP) is 3.95. The van der Waals surface area contributed by atoms with Crippen LogP contribution in [0.5, 0.6) is 0 Å². The van der Waals surface area contributed by atoms with E-state index in [0.29, 0.717) is 6.54 Å². The second-order valence-corrected chi connectivity index (χ2v) is 5.97. The number of benzene rings is 2. The first-order valence-electron chi connectivity index (χ1n) is 7.79. The van der Waals surface area contributed by atoms with Crippen LogP contribution in [0, 0.1) is 5.82 Å². The van der Waals surface area contributed by atoms with Crippen molar-refractivity contribution in [2.75, 3.05) is 0 Å². The first kappa shape index (κ1) is 14.8. The molecule has 0 unspecified atom stereocenters. The van der Waals surface area contributed by atoms with E-state index in [-0.39, 0.29) is 11.7 Å². The van der Waals surface area contributed by atoms with E-state index in [0.717, 1.165) is 36.8 Å². The van der Waals surface area contributed by atoms with Crippen molar-refractivity contribution in [3.8, 4) is 0 Å². The van der Waals surface area contributed by atoms with E-state index in [1.165, 1.54) is 12.1 Å². The fourth-order valence-electron chi connectivity index (χ4n) is 3.36. The Morgan fingerprint density at radius 1 is 1.05 bits per heavy atom. The summed E-state index contributed by atoms with van der Waals surface area (Å²) in [4.78, 5) is 12.8. The van der Waals surface area contributed by atoms with Crippen molar-refractivity contribution in [1.82, 2.24) is 5.32 Å². The van der Waals surface area contributed by atoms with Crippen LogP contribution in [0.25, 0.3) is 0 Å². The Morgan fingerprint density at radius 3 is 2.45 bits per heavy atom. The molecule has 1 amide bonds. The van der Waals surface area contributed by atoms with Crippen LogP contribution < -0.4 is 5.32 Å². The van der Waals surface area contributed by atoms with Gasteiger partial charge in [0.2, 0.25) is 5.91 Å². The number of carbonyl (C=O) groups is 1. The summed E-state index contributed by atoms with van der Waals surface area (Å²) in [7, 11) is 0. The van der Waals surface area contributed by atoms with Crippen LogP contribution in [-0.4, -0.2) is 5.91 Å². The molecule has 0 saturated heterocycles. The Morgan fingerprint density at radius 2 is 1.77 bits per heavy atom. The summed E-state index contributed by atoms with van der Waals surface area (Å²) in [5.74, 6) is -0.265. The second kappa shape index (κ2) is 6.30. The number of nitrogens with one attached hydrogen (secondary N) is 1. The lowest BCUT2D eigenvalue weighted by molar-refractivity contribution is -0.126. The minimum Gasteiger partial charge on any atom is -0.351 e. The predicted molar refractivity (Wildman–Crippen MR) is 84.8 cm³/mol. The molecular formula is C19H20FNO. The molecule has 2 aromatic carbocycles. The molecule has 0 spiro atoms. The lowest BCUT2D eigenvalue weighted by Gasteiger charge is -2.28. The topological polar surface area (TPSA) is 29.1 Å². The van der Waals surface area contributed by atoms with Gasteiger partial charge in [-0.05, 0) is 36.1 Å². The summed E-state index contributed by atoms with van der Waals surface area (Å²) in [5, 5.41) is 3.04. The van der Waals surface area contributed by atoms with Gasteiger partial charge >= 0.3 is 0 Å². The summed E-state index contributed by atoms with van der Waals surface area (Å²) in [6.07, 6.45) is 3.60. The van der Waals surface area contributed by atoms with Crippen LogP contribution >= 0.6 is 0 Å². The Hall–Kier alpha value is -2.16. The largest absolute Gasteiger partial charge is 0.351 e. The summed E-state index contributed by atoms with van der Waals surface area (Å²) < 4.78 is 13.6. The summed E-state index contributed by atoms with van der Waals surface area (Å²) in [6.45, 7) is 0.511. The fourth-order valence-corrected chi connectivity index (χ4v) is 3.36. The maximum Gasteiger partial charge on any atom is 0.230 e. The summed E-state index contributed by atoms with van der Waals surface area (Å²) in [6, 6.07) is 16.3. The molecule has 3 rings (SSSR count). The van der Waals surface area contributed by atoms with Crippen LogP contribution in [0.4, 0.5) is 4.39 Å². The molecule has 1 aliphatic rings. The molecule has 1 N–H and O–H groups in total. The smallest absolute Gasteiger partial charge is 0.230 e. The zero-order valence-corrected chi connectivity index (χ0v) is 12.5. The van der Waals surface area contributed by atoms with E-state index < -0.39 is 5.41 Å². The van der Waals surface area contributed by atoms with Gasteiger partial charge in [0.1, 0.15) is 5.82 Å². The highest BCUT2D eigenvalue weighted by atomic mass is 19.1. The third-order valence-electron chi connectivity index (χ3n) is 4.56. The van der Waals surface area contributed by atoms with Gasteiger partial charge in [-0.3, -0.25) is 4.79 Å². The fraction of sp³-hybridized carbons (Fsp3) is 0.316. The van der Waals surface area contributed by atoms with E-state index in [1.807, 2.05) is 36.4 Å². The molecule has 22 heavy (non-hydrogen) atoms. The third kappa shape index (κ3) is 2.89.